The van der Waals surface area contributed by atoms with E-state index in [4.69, 9.17) is 16.3 Å². The average molecular weight is 461 g/mol. The van der Waals surface area contributed by atoms with Gasteiger partial charge in [0.1, 0.15) is 5.78 Å². The maximum Gasteiger partial charge on any atom is 0.176 e. The highest BCUT2D eigenvalue weighted by molar-refractivity contribution is 6.32. The van der Waals surface area contributed by atoms with Crippen molar-refractivity contribution in [2.45, 2.75) is 25.3 Å². The van der Waals surface area contributed by atoms with Crippen molar-refractivity contribution in [3.05, 3.63) is 94.1 Å². The van der Waals surface area contributed by atoms with Crippen LogP contribution >= 0.6 is 11.6 Å². The molecule has 3 unspecified atom stereocenters. The molecule has 0 aromatic heterocycles. The van der Waals surface area contributed by atoms with Crippen LogP contribution in [0.4, 0.5) is 11.4 Å². The van der Waals surface area contributed by atoms with E-state index in [1.165, 1.54) is 12.7 Å². The number of carbonyl (C=O) groups excluding carboxylic acids is 1. The lowest BCUT2D eigenvalue weighted by molar-refractivity contribution is -0.122. The van der Waals surface area contributed by atoms with Crippen molar-refractivity contribution in [3.63, 3.8) is 0 Å². The number of halogens is 1. The molecule has 0 saturated heterocycles. The number of aromatic hydroxyl groups is 1. The molecular formula is C27H25ClN2O3. The van der Waals surface area contributed by atoms with Crippen LogP contribution in [0.3, 0.4) is 0 Å². The van der Waals surface area contributed by atoms with Crippen LogP contribution in [0.15, 0.2) is 72.4 Å². The van der Waals surface area contributed by atoms with E-state index in [0.717, 1.165) is 28.2 Å². The minimum Gasteiger partial charge on any atom is -0.503 e. The Hall–Kier alpha value is -3.44. The second-order valence-corrected chi connectivity index (χ2v) is 9.04. The summed E-state index contributed by atoms with van der Waals surface area (Å²) in [5.74, 6) is -0.138. The summed E-state index contributed by atoms with van der Waals surface area (Å²) in [5.41, 5.74) is 5.74. The Balaban J connectivity index is 1.64. The molecule has 0 spiro atoms. The number of carbonyl (C=O) groups is 1. The van der Waals surface area contributed by atoms with Crippen LogP contribution in [0, 0.1) is 12.8 Å². The summed E-state index contributed by atoms with van der Waals surface area (Å²) in [6.07, 6.45) is 2.59. The van der Waals surface area contributed by atoms with Gasteiger partial charge in [-0.1, -0.05) is 59.6 Å². The van der Waals surface area contributed by atoms with Gasteiger partial charge in [0.15, 0.2) is 11.5 Å². The van der Waals surface area contributed by atoms with Crippen molar-refractivity contribution in [1.82, 2.24) is 0 Å². The molecule has 0 fully saturated rings. The third-order valence-corrected chi connectivity index (χ3v) is 6.76. The highest BCUT2D eigenvalue weighted by Crippen LogP contribution is 2.46. The van der Waals surface area contributed by atoms with Crippen molar-refractivity contribution in [3.8, 4) is 11.5 Å². The molecule has 5 rings (SSSR count). The second-order valence-electron chi connectivity index (χ2n) is 8.63. The highest BCUT2D eigenvalue weighted by atomic mass is 35.5. The first-order valence-corrected chi connectivity index (χ1v) is 11.3. The van der Waals surface area contributed by atoms with E-state index in [1.54, 1.807) is 12.1 Å². The van der Waals surface area contributed by atoms with E-state index in [1.807, 2.05) is 24.3 Å². The molecule has 6 heteroatoms. The lowest BCUT2D eigenvalue weighted by Crippen LogP contribution is -2.33. The number of ether oxygens (including phenoxy) is 1. The van der Waals surface area contributed by atoms with Crippen molar-refractivity contribution in [2.75, 3.05) is 17.7 Å². The maximum absolute atomic E-state index is 13.6. The molecule has 33 heavy (non-hydrogen) atoms. The Morgan fingerprint density at radius 2 is 1.76 bits per heavy atom. The summed E-state index contributed by atoms with van der Waals surface area (Å²) in [4.78, 5) is 13.6. The summed E-state index contributed by atoms with van der Waals surface area (Å²) in [6, 6.07) is 19.3. The van der Waals surface area contributed by atoms with Crippen LogP contribution < -0.4 is 15.4 Å². The molecule has 1 aliphatic heterocycles. The number of benzene rings is 3. The Bertz CT molecular complexity index is 1250. The highest BCUT2D eigenvalue weighted by Gasteiger charge is 2.40. The summed E-state index contributed by atoms with van der Waals surface area (Å²) < 4.78 is 5.33. The maximum atomic E-state index is 13.6. The number of hydrogen-bond donors (Lipinski definition) is 3. The summed E-state index contributed by atoms with van der Waals surface area (Å²) in [5, 5.41) is 17.5. The number of fused-ring (bicyclic) bond motifs is 2. The number of phenols is 1. The number of methoxy groups -OCH3 is 1. The topological polar surface area (TPSA) is 70.6 Å². The quantitative estimate of drug-likeness (QED) is 0.434. The first-order valence-electron chi connectivity index (χ1n) is 10.9. The largest absolute Gasteiger partial charge is 0.503 e. The Kier molecular flexibility index (Phi) is 5.51. The van der Waals surface area contributed by atoms with Crippen LogP contribution in [0.2, 0.25) is 5.02 Å². The van der Waals surface area contributed by atoms with Gasteiger partial charge in [0.25, 0.3) is 0 Å². The van der Waals surface area contributed by atoms with Crippen molar-refractivity contribution in [1.29, 1.82) is 0 Å². The predicted molar refractivity (Wildman–Crippen MR) is 131 cm³/mol. The monoisotopic (exact) mass is 460 g/mol. The third kappa shape index (κ3) is 3.93. The van der Waals surface area contributed by atoms with Crippen molar-refractivity contribution in [2.24, 2.45) is 5.92 Å². The smallest absolute Gasteiger partial charge is 0.176 e. The molecule has 0 amide bonds. The average Bonchev–Trinajstić information content (AvgIpc) is 2.98. The van der Waals surface area contributed by atoms with Gasteiger partial charge in [-0.25, -0.2) is 0 Å². The first-order chi connectivity index (χ1) is 15.9. The minimum atomic E-state index is -0.440. The Morgan fingerprint density at radius 1 is 1.03 bits per heavy atom. The summed E-state index contributed by atoms with van der Waals surface area (Å²) in [6.45, 7) is 2.06. The molecule has 0 bridgehead atoms. The first kappa shape index (κ1) is 21.4. The number of aryl methyl sites for hydroxylation is 1. The van der Waals surface area contributed by atoms with E-state index in [2.05, 4.69) is 47.9 Å². The fourth-order valence-electron chi connectivity index (χ4n) is 4.74. The van der Waals surface area contributed by atoms with Crippen molar-refractivity contribution < 1.29 is 14.6 Å². The van der Waals surface area contributed by atoms with Crippen LogP contribution in [-0.2, 0) is 4.79 Å². The molecule has 2 aliphatic rings. The van der Waals surface area contributed by atoms with E-state index >= 15 is 0 Å². The third-order valence-electron chi connectivity index (χ3n) is 6.47. The number of ketones is 1. The number of allylic oxidation sites excluding steroid dienone is 1. The van der Waals surface area contributed by atoms with Gasteiger partial charge in [0.2, 0.25) is 0 Å². The SMILES string of the molecule is COc1cc(C2Nc3ccccc3NC3=CC(c4ccc(C)cc4)CC(=O)C32)cc(Cl)c1O. The zero-order valence-corrected chi connectivity index (χ0v) is 19.2. The number of hydrogen-bond acceptors (Lipinski definition) is 5. The van der Waals surface area contributed by atoms with E-state index in [0.29, 0.717) is 6.42 Å². The van der Waals surface area contributed by atoms with E-state index in [-0.39, 0.29) is 34.3 Å². The molecule has 0 radical (unpaired) electrons. The Labute approximate surface area is 198 Å². The van der Waals surface area contributed by atoms with Crippen molar-refractivity contribution >= 4 is 28.8 Å². The number of anilines is 2. The lowest BCUT2D eigenvalue weighted by atomic mass is 9.76. The van der Waals surface area contributed by atoms with Crippen LogP contribution in [-0.4, -0.2) is 18.0 Å². The van der Waals surface area contributed by atoms with Gasteiger partial charge in [-0.15, -0.1) is 0 Å². The van der Waals surface area contributed by atoms with Gasteiger partial charge in [-0.2, -0.15) is 0 Å². The fourth-order valence-corrected chi connectivity index (χ4v) is 4.96. The fraction of sp³-hybridized carbons (Fsp3) is 0.222. The molecule has 5 nitrogen and oxygen atoms in total. The molecule has 1 aliphatic carbocycles. The zero-order valence-electron chi connectivity index (χ0n) is 18.4. The van der Waals surface area contributed by atoms with Gasteiger partial charge in [0.05, 0.1) is 35.5 Å². The lowest BCUT2D eigenvalue weighted by Gasteiger charge is -2.32. The van der Waals surface area contributed by atoms with E-state index < -0.39 is 5.92 Å². The van der Waals surface area contributed by atoms with Gasteiger partial charge in [-0.05, 0) is 42.3 Å². The molecule has 168 valence electrons. The van der Waals surface area contributed by atoms with E-state index in [9.17, 15) is 9.90 Å². The minimum absolute atomic E-state index is 0.000652. The van der Waals surface area contributed by atoms with Gasteiger partial charge < -0.3 is 20.5 Å². The summed E-state index contributed by atoms with van der Waals surface area (Å²) in [7, 11) is 1.48. The van der Waals surface area contributed by atoms with Gasteiger partial charge in [-0.3, -0.25) is 4.79 Å². The van der Waals surface area contributed by atoms with Crippen LogP contribution in [0.25, 0.3) is 0 Å². The molecule has 0 saturated carbocycles. The number of Topliss-reactive ketones (excluding diaryl/α,β-unsaturated/α-hetero) is 1. The number of rotatable bonds is 3. The van der Waals surface area contributed by atoms with Crippen LogP contribution in [0.1, 0.15) is 35.1 Å². The standard InChI is InChI=1S/C27H25ClN2O3/c1-15-7-9-16(10-8-15)17-12-22-25(23(31)13-17)26(30-21-6-4-3-5-20(21)29-22)18-11-19(28)27(32)24(14-18)33-2/h3-12,14,17,25-26,29-30,32H,13H2,1-2H3. The molecule has 3 aromatic rings. The molecule has 1 heterocycles. The molecule has 3 atom stereocenters. The normalized spacial score (nSPS) is 21.6. The van der Waals surface area contributed by atoms with Crippen LogP contribution in [0.5, 0.6) is 11.5 Å². The predicted octanol–water partition coefficient (Wildman–Crippen LogP) is 6.20. The second kappa shape index (κ2) is 8.49. The molecule has 3 aromatic carbocycles. The Morgan fingerprint density at radius 3 is 2.48 bits per heavy atom. The number of nitrogens with one attached hydrogen (secondary N) is 2. The van der Waals surface area contributed by atoms with Gasteiger partial charge in [0, 0.05) is 18.0 Å². The van der Waals surface area contributed by atoms with Gasteiger partial charge >= 0.3 is 0 Å². The molecule has 3 N–H and O–H groups in total. The number of para-hydroxylation sites is 2. The number of phenolic OH excluding ortho intramolecular Hbond substituents is 1. The molecular weight excluding hydrogens is 436 g/mol. The zero-order chi connectivity index (χ0) is 23.1. The summed E-state index contributed by atoms with van der Waals surface area (Å²) >= 11 is 6.31.